The van der Waals surface area contributed by atoms with Gasteiger partial charge < -0.3 is 19.5 Å². The van der Waals surface area contributed by atoms with Gasteiger partial charge in [-0.25, -0.2) is 13.2 Å². The lowest BCUT2D eigenvalue weighted by atomic mass is 9.74. The SMILES string of the molecule is COc1ccc2ncc(N(C)C)c([C@@H](F)CCC3(C(=O)O)CCN(CCOc4cc(F)cc(F)c4F)CC3)c2c1. The number of hydrogen-bond acceptors (Lipinski definition) is 6. The van der Waals surface area contributed by atoms with Gasteiger partial charge >= 0.3 is 5.97 Å². The van der Waals surface area contributed by atoms with Crippen molar-refractivity contribution in [3.8, 4) is 11.5 Å². The van der Waals surface area contributed by atoms with Crippen molar-refractivity contribution in [3.63, 3.8) is 0 Å². The van der Waals surface area contributed by atoms with Crippen LogP contribution in [0.3, 0.4) is 0 Å². The number of carbonyl (C=O) groups is 1. The average Bonchev–Trinajstić information content (AvgIpc) is 2.93. The van der Waals surface area contributed by atoms with Crippen LogP contribution in [0.2, 0.25) is 0 Å². The molecule has 0 radical (unpaired) electrons. The maximum absolute atomic E-state index is 16.0. The molecule has 3 aromatic rings. The molecule has 1 saturated heterocycles. The van der Waals surface area contributed by atoms with Crippen LogP contribution in [-0.2, 0) is 4.79 Å². The molecule has 2 heterocycles. The van der Waals surface area contributed by atoms with Gasteiger partial charge in [0.2, 0.25) is 5.82 Å². The van der Waals surface area contributed by atoms with Gasteiger partial charge in [0.1, 0.15) is 24.3 Å². The number of hydrogen-bond donors (Lipinski definition) is 1. The van der Waals surface area contributed by atoms with E-state index in [4.69, 9.17) is 9.47 Å². The van der Waals surface area contributed by atoms with E-state index in [1.807, 2.05) is 4.90 Å². The molecule has 11 heteroatoms. The molecule has 1 aromatic heterocycles. The Morgan fingerprint density at radius 1 is 1.18 bits per heavy atom. The molecule has 7 nitrogen and oxygen atoms in total. The maximum Gasteiger partial charge on any atom is 0.309 e. The second kappa shape index (κ2) is 12.3. The normalized spacial score (nSPS) is 16.1. The first-order valence-corrected chi connectivity index (χ1v) is 13.1. The van der Waals surface area contributed by atoms with Gasteiger partial charge in [-0.3, -0.25) is 14.7 Å². The number of piperidine rings is 1. The fourth-order valence-electron chi connectivity index (χ4n) is 5.24. The number of aromatic nitrogens is 1. The molecule has 1 atom stereocenters. The number of benzene rings is 2. The van der Waals surface area contributed by atoms with Crippen LogP contribution in [0.4, 0.5) is 23.2 Å². The Kier molecular flexibility index (Phi) is 9.02. The van der Waals surface area contributed by atoms with E-state index in [0.29, 0.717) is 66.4 Å². The number of anilines is 1. The van der Waals surface area contributed by atoms with Crippen molar-refractivity contribution in [2.24, 2.45) is 5.41 Å². The van der Waals surface area contributed by atoms with Gasteiger partial charge in [-0.15, -0.1) is 0 Å². The number of aliphatic carboxylic acids is 1. The van der Waals surface area contributed by atoms with Crippen LogP contribution in [0.15, 0.2) is 36.5 Å². The minimum absolute atomic E-state index is 0.0109. The fourth-order valence-corrected chi connectivity index (χ4v) is 5.24. The van der Waals surface area contributed by atoms with Crippen LogP contribution in [-0.4, -0.2) is 68.4 Å². The minimum Gasteiger partial charge on any atom is -0.497 e. The van der Waals surface area contributed by atoms with Crippen LogP contribution < -0.4 is 14.4 Å². The number of alkyl halides is 1. The predicted molar refractivity (Wildman–Crippen MR) is 143 cm³/mol. The summed E-state index contributed by atoms with van der Waals surface area (Å²) in [6.45, 7) is 1.10. The lowest BCUT2D eigenvalue weighted by Crippen LogP contribution is -2.45. The molecule has 40 heavy (non-hydrogen) atoms. The molecular formula is C29H33F4N3O4. The lowest BCUT2D eigenvalue weighted by Gasteiger charge is -2.39. The summed E-state index contributed by atoms with van der Waals surface area (Å²) in [4.78, 5) is 20.6. The molecule has 216 valence electrons. The van der Waals surface area contributed by atoms with Gasteiger partial charge in [0.25, 0.3) is 0 Å². The van der Waals surface area contributed by atoms with Crippen LogP contribution in [0.25, 0.3) is 10.9 Å². The summed E-state index contributed by atoms with van der Waals surface area (Å²) in [5.74, 6) is -4.45. The van der Waals surface area contributed by atoms with Crippen molar-refractivity contribution in [1.29, 1.82) is 0 Å². The summed E-state index contributed by atoms with van der Waals surface area (Å²) in [5.41, 5.74) is 0.582. The standard InChI is InChI=1S/C29H33F4N3O4/c1-35(2)24-17-34-23-5-4-19(39-3)16-20(23)26(24)21(31)6-7-29(28(37)38)8-10-36(11-9-29)12-13-40-25-15-18(30)14-22(32)27(25)33/h4-5,14-17,21H,6-13H2,1-3H3,(H,37,38)/t21-/m0/s1. The molecule has 1 aliphatic rings. The van der Waals surface area contributed by atoms with Crippen molar-refractivity contribution < 1.29 is 36.9 Å². The first-order chi connectivity index (χ1) is 19.0. The van der Waals surface area contributed by atoms with Gasteiger partial charge in [0, 0.05) is 43.7 Å². The smallest absolute Gasteiger partial charge is 0.309 e. The van der Waals surface area contributed by atoms with Gasteiger partial charge in [-0.05, 0) is 57.0 Å². The topological polar surface area (TPSA) is 75.1 Å². The molecule has 0 unspecified atom stereocenters. The Balaban J connectivity index is 1.41. The Hall–Kier alpha value is -3.60. The Morgan fingerprint density at radius 2 is 1.90 bits per heavy atom. The minimum atomic E-state index is -1.43. The lowest BCUT2D eigenvalue weighted by molar-refractivity contribution is -0.153. The van der Waals surface area contributed by atoms with E-state index in [2.05, 4.69) is 4.98 Å². The summed E-state index contributed by atoms with van der Waals surface area (Å²) in [7, 11) is 5.14. The number of halogens is 4. The zero-order valence-electron chi connectivity index (χ0n) is 22.7. The summed E-state index contributed by atoms with van der Waals surface area (Å²) in [5, 5.41) is 10.8. The molecule has 2 aromatic carbocycles. The zero-order chi connectivity index (χ0) is 29.0. The number of rotatable bonds is 11. The number of nitrogens with zero attached hydrogens (tertiary/aromatic N) is 3. The van der Waals surface area contributed by atoms with E-state index >= 15 is 4.39 Å². The molecule has 1 aliphatic heterocycles. The van der Waals surface area contributed by atoms with E-state index in [1.165, 1.54) is 7.11 Å². The number of carboxylic acid groups (broad SMARTS) is 1. The van der Waals surface area contributed by atoms with E-state index < -0.39 is 40.8 Å². The van der Waals surface area contributed by atoms with Crippen molar-refractivity contribution in [2.75, 3.05) is 52.3 Å². The van der Waals surface area contributed by atoms with Gasteiger partial charge in [-0.1, -0.05) is 0 Å². The molecule has 0 aliphatic carbocycles. The van der Waals surface area contributed by atoms with Crippen molar-refractivity contribution in [2.45, 2.75) is 31.9 Å². The third-order valence-corrected chi connectivity index (χ3v) is 7.66. The van der Waals surface area contributed by atoms with Gasteiger partial charge in [0.05, 0.1) is 29.9 Å². The highest BCUT2D eigenvalue weighted by Crippen LogP contribution is 2.43. The Labute approximate surface area is 230 Å². The Bertz CT molecular complexity index is 1360. The molecular weight excluding hydrogens is 530 g/mol. The largest absolute Gasteiger partial charge is 0.497 e. The maximum atomic E-state index is 16.0. The van der Waals surface area contributed by atoms with E-state index in [1.54, 1.807) is 43.4 Å². The van der Waals surface area contributed by atoms with E-state index in [-0.39, 0.29) is 19.4 Å². The number of methoxy groups -OCH3 is 1. The molecule has 0 amide bonds. The monoisotopic (exact) mass is 563 g/mol. The van der Waals surface area contributed by atoms with Gasteiger partial charge in [0.15, 0.2) is 11.6 Å². The molecule has 1 N–H and O–H groups in total. The van der Waals surface area contributed by atoms with Crippen LogP contribution in [0, 0.1) is 22.9 Å². The Morgan fingerprint density at radius 3 is 2.55 bits per heavy atom. The summed E-state index contributed by atoms with van der Waals surface area (Å²) in [6, 6.07) is 6.49. The van der Waals surface area contributed by atoms with E-state index in [9.17, 15) is 23.1 Å². The third kappa shape index (κ3) is 6.24. The molecule has 0 saturated carbocycles. The van der Waals surface area contributed by atoms with Gasteiger partial charge in [-0.2, -0.15) is 4.39 Å². The number of likely N-dealkylation sites (tertiary alicyclic amines) is 1. The van der Waals surface area contributed by atoms with Crippen LogP contribution >= 0.6 is 0 Å². The quantitative estimate of drug-likeness (QED) is 0.235. The second-order valence-electron chi connectivity index (χ2n) is 10.3. The number of carboxylic acids is 1. The number of ether oxygens (including phenoxy) is 2. The highest BCUT2D eigenvalue weighted by Gasteiger charge is 2.42. The second-order valence-corrected chi connectivity index (χ2v) is 10.3. The third-order valence-electron chi connectivity index (χ3n) is 7.66. The average molecular weight is 564 g/mol. The molecule has 0 spiro atoms. The van der Waals surface area contributed by atoms with Crippen LogP contribution in [0.1, 0.15) is 37.4 Å². The predicted octanol–water partition coefficient (Wildman–Crippen LogP) is 5.76. The number of pyridine rings is 1. The summed E-state index contributed by atoms with van der Waals surface area (Å²) < 4.78 is 67.1. The first kappa shape index (κ1) is 29.4. The number of fused-ring (bicyclic) bond motifs is 1. The zero-order valence-corrected chi connectivity index (χ0v) is 22.7. The van der Waals surface area contributed by atoms with E-state index in [0.717, 1.165) is 6.07 Å². The highest BCUT2D eigenvalue weighted by molar-refractivity contribution is 5.88. The van der Waals surface area contributed by atoms with Crippen molar-refractivity contribution in [1.82, 2.24) is 9.88 Å². The first-order valence-electron chi connectivity index (χ1n) is 13.1. The van der Waals surface area contributed by atoms with Crippen LogP contribution in [0.5, 0.6) is 11.5 Å². The van der Waals surface area contributed by atoms with Crippen molar-refractivity contribution in [3.05, 3.63) is 59.5 Å². The summed E-state index contributed by atoms with van der Waals surface area (Å²) >= 11 is 0. The molecule has 4 rings (SSSR count). The highest BCUT2D eigenvalue weighted by atomic mass is 19.2. The molecule has 0 bridgehead atoms. The molecule has 1 fully saturated rings. The summed E-state index contributed by atoms with van der Waals surface area (Å²) in [6.07, 6.45) is 0.930. The van der Waals surface area contributed by atoms with Crippen molar-refractivity contribution >= 4 is 22.6 Å². The fraction of sp³-hybridized carbons (Fsp3) is 0.448.